The minimum atomic E-state index is -4.68. The van der Waals surface area contributed by atoms with Crippen LogP contribution in [0, 0.1) is 11.3 Å². The number of halogens is 3. The van der Waals surface area contributed by atoms with Gasteiger partial charge in [0.1, 0.15) is 6.42 Å². The van der Waals surface area contributed by atoms with Gasteiger partial charge in [0.25, 0.3) is 0 Å². The Morgan fingerprint density at radius 1 is 1.47 bits per heavy atom. The van der Waals surface area contributed by atoms with E-state index in [9.17, 15) is 22.0 Å². The number of sulfone groups is 1. The van der Waals surface area contributed by atoms with Crippen molar-refractivity contribution in [3.63, 3.8) is 0 Å². The predicted octanol–water partition coefficient (Wildman–Crippen LogP) is 2.30. The van der Waals surface area contributed by atoms with Gasteiger partial charge in [-0.1, -0.05) is 0 Å². The molecule has 0 atom stereocenters. The number of alkyl halides is 2. The number of carbonyl (C=O) groups is 1. The molecule has 5 nitrogen and oxygen atoms in total. The summed E-state index contributed by atoms with van der Waals surface area (Å²) in [6, 6.07) is 4.71. The smallest absolute Gasteiger partial charge is 0.324 e. The molecule has 0 heterocycles. The van der Waals surface area contributed by atoms with Crippen molar-refractivity contribution >= 4 is 37.4 Å². The lowest BCUT2D eigenvalue weighted by molar-refractivity contribution is -0.115. The molecule has 1 aromatic carbocycles. The van der Waals surface area contributed by atoms with Crippen molar-refractivity contribution < 1.29 is 22.0 Å². The van der Waals surface area contributed by atoms with Crippen LogP contribution in [0.1, 0.15) is 6.42 Å². The normalized spacial score (nSPS) is 11.1. The molecule has 19 heavy (non-hydrogen) atoms. The number of nitrogens with zero attached hydrogens (tertiary/aromatic N) is 1. The van der Waals surface area contributed by atoms with E-state index in [0.717, 1.165) is 18.2 Å². The lowest BCUT2D eigenvalue weighted by Crippen LogP contribution is -2.13. The van der Waals surface area contributed by atoms with Crippen LogP contribution >= 0.6 is 15.9 Å². The van der Waals surface area contributed by atoms with Gasteiger partial charge >= 0.3 is 5.76 Å². The molecular weight excluding hydrogens is 346 g/mol. The summed E-state index contributed by atoms with van der Waals surface area (Å²) in [7, 11) is -4.68. The van der Waals surface area contributed by atoms with Crippen LogP contribution in [0.5, 0.6) is 0 Å². The molecule has 0 aromatic heterocycles. The summed E-state index contributed by atoms with van der Waals surface area (Å²) in [4.78, 5) is 10.6. The molecule has 1 amide bonds. The molecule has 1 rings (SSSR count). The average Bonchev–Trinajstić information content (AvgIpc) is 2.31. The highest BCUT2D eigenvalue weighted by molar-refractivity contribution is 9.10. The lowest BCUT2D eigenvalue weighted by Gasteiger charge is -2.08. The number of anilines is 1. The molecule has 1 aromatic rings. The summed E-state index contributed by atoms with van der Waals surface area (Å²) in [6.45, 7) is 0. The Labute approximate surface area is 116 Å². The zero-order valence-electron chi connectivity index (χ0n) is 9.23. The Bertz CT molecular complexity index is 641. The Morgan fingerprint density at radius 3 is 2.58 bits per heavy atom. The second-order valence-electron chi connectivity index (χ2n) is 3.33. The van der Waals surface area contributed by atoms with Crippen LogP contribution < -0.4 is 5.32 Å². The minimum Gasteiger partial charge on any atom is -0.324 e. The number of carbonyl (C=O) groups excluding carboxylic acids is 1. The molecular formula is C10H7BrF2N2O3S. The van der Waals surface area contributed by atoms with Crippen molar-refractivity contribution in [3.05, 3.63) is 22.7 Å². The highest BCUT2D eigenvalue weighted by Gasteiger charge is 2.27. The molecule has 9 heteroatoms. The monoisotopic (exact) mass is 352 g/mol. The van der Waals surface area contributed by atoms with Crippen LogP contribution in [-0.4, -0.2) is 20.1 Å². The first-order chi connectivity index (χ1) is 8.78. The molecule has 0 bridgehead atoms. The first-order valence-electron chi connectivity index (χ1n) is 4.77. The van der Waals surface area contributed by atoms with Gasteiger partial charge in [0, 0.05) is 4.47 Å². The number of hydrogen-bond acceptors (Lipinski definition) is 4. The SMILES string of the molecule is N#CCC(=O)Nc1ccc(S(=O)(=O)C(F)F)cc1Br. The van der Waals surface area contributed by atoms with Crippen LogP contribution in [-0.2, 0) is 14.6 Å². The van der Waals surface area contributed by atoms with E-state index in [4.69, 9.17) is 5.26 Å². The van der Waals surface area contributed by atoms with Crippen molar-refractivity contribution in [1.29, 1.82) is 5.26 Å². The van der Waals surface area contributed by atoms with Gasteiger partial charge in [0.15, 0.2) is 0 Å². The van der Waals surface area contributed by atoms with E-state index in [1.807, 2.05) is 0 Å². The lowest BCUT2D eigenvalue weighted by atomic mass is 10.3. The fraction of sp³-hybridized carbons (Fsp3) is 0.200. The van der Waals surface area contributed by atoms with E-state index >= 15 is 0 Å². The summed E-state index contributed by atoms with van der Waals surface area (Å²) in [5.74, 6) is -4.11. The van der Waals surface area contributed by atoms with Crippen LogP contribution in [0.2, 0.25) is 0 Å². The Morgan fingerprint density at radius 2 is 2.11 bits per heavy atom. The van der Waals surface area contributed by atoms with Crippen LogP contribution in [0.3, 0.4) is 0 Å². The quantitative estimate of drug-likeness (QED) is 0.900. The topological polar surface area (TPSA) is 87.0 Å². The first kappa shape index (κ1) is 15.5. The van der Waals surface area contributed by atoms with Crippen LogP contribution in [0.4, 0.5) is 14.5 Å². The standard InChI is InChI=1S/C10H7BrF2N2O3S/c11-7-5-6(19(17,18)10(12)13)1-2-8(7)15-9(16)3-4-14/h1-2,5,10H,3H2,(H,15,16). The summed E-state index contributed by atoms with van der Waals surface area (Å²) in [5.41, 5.74) is 0.188. The molecule has 102 valence electrons. The largest absolute Gasteiger partial charge is 0.341 e. The zero-order chi connectivity index (χ0) is 14.6. The van der Waals surface area contributed by atoms with Crippen molar-refractivity contribution in [2.24, 2.45) is 0 Å². The molecule has 1 N–H and O–H groups in total. The highest BCUT2D eigenvalue weighted by atomic mass is 79.9. The van der Waals surface area contributed by atoms with Crippen molar-refractivity contribution in [2.45, 2.75) is 17.1 Å². The highest BCUT2D eigenvalue weighted by Crippen LogP contribution is 2.28. The number of nitrogens with one attached hydrogen (secondary N) is 1. The molecule has 0 aliphatic heterocycles. The summed E-state index contributed by atoms with van der Waals surface area (Å²) in [5, 5.41) is 10.6. The van der Waals surface area contributed by atoms with Crippen molar-refractivity contribution in [2.75, 3.05) is 5.32 Å². The van der Waals surface area contributed by atoms with E-state index in [-0.39, 0.29) is 16.6 Å². The Kier molecular flexibility index (Phi) is 4.97. The van der Waals surface area contributed by atoms with Gasteiger partial charge in [-0.3, -0.25) is 4.79 Å². The molecule has 0 unspecified atom stereocenters. The third-order valence-corrected chi connectivity index (χ3v) is 4.05. The molecule has 0 saturated heterocycles. The molecule has 0 spiro atoms. The number of benzene rings is 1. The molecule has 0 fully saturated rings. The van der Waals surface area contributed by atoms with Gasteiger partial charge in [0.2, 0.25) is 15.7 Å². The minimum absolute atomic E-state index is 0.125. The summed E-state index contributed by atoms with van der Waals surface area (Å²) < 4.78 is 47.2. The summed E-state index contributed by atoms with van der Waals surface area (Å²) >= 11 is 2.96. The number of rotatable bonds is 4. The molecule has 0 saturated carbocycles. The summed E-state index contributed by atoms with van der Waals surface area (Å²) in [6.07, 6.45) is -0.372. The number of amides is 1. The Hall–Kier alpha value is -1.53. The van der Waals surface area contributed by atoms with E-state index in [1.165, 1.54) is 0 Å². The maximum Gasteiger partial charge on any atom is 0.341 e. The second kappa shape index (κ2) is 6.08. The predicted molar refractivity (Wildman–Crippen MR) is 66.2 cm³/mol. The van der Waals surface area contributed by atoms with E-state index < -0.39 is 26.4 Å². The molecule has 0 radical (unpaired) electrons. The van der Waals surface area contributed by atoms with Gasteiger partial charge in [0.05, 0.1) is 16.7 Å². The van der Waals surface area contributed by atoms with Crippen molar-refractivity contribution in [1.82, 2.24) is 0 Å². The third-order valence-electron chi connectivity index (χ3n) is 2.02. The third kappa shape index (κ3) is 3.71. The second-order valence-corrected chi connectivity index (χ2v) is 6.10. The van der Waals surface area contributed by atoms with Gasteiger partial charge in [-0.05, 0) is 34.1 Å². The maximum absolute atomic E-state index is 12.3. The average molecular weight is 353 g/mol. The molecule has 0 aliphatic rings. The van der Waals surface area contributed by atoms with Gasteiger partial charge < -0.3 is 5.32 Å². The van der Waals surface area contributed by atoms with Crippen LogP contribution in [0.15, 0.2) is 27.6 Å². The number of nitriles is 1. The maximum atomic E-state index is 12.3. The fourth-order valence-corrected chi connectivity index (χ4v) is 2.52. The van der Waals surface area contributed by atoms with Gasteiger partial charge in [-0.2, -0.15) is 14.0 Å². The fourth-order valence-electron chi connectivity index (χ4n) is 1.14. The first-order valence-corrected chi connectivity index (χ1v) is 7.11. The number of hydrogen-bond donors (Lipinski definition) is 1. The zero-order valence-corrected chi connectivity index (χ0v) is 11.6. The van der Waals surface area contributed by atoms with Crippen LogP contribution in [0.25, 0.3) is 0 Å². The van der Waals surface area contributed by atoms with E-state index in [1.54, 1.807) is 6.07 Å². The Balaban J connectivity index is 3.06. The van der Waals surface area contributed by atoms with Gasteiger partial charge in [-0.15, -0.1) is 0 Å². The van der Waals surface area contributed by atoms with E-state index in [2.05, 4.69) is 21.2 Å². The van der Waals surface area contributed by atoms with Gasteiger partial charge in [-0.25, -0.2) is 8.42 Å². The van der Waals surface area contributed by atoms with E-state index in [0.29, 0.717) is 0 Å². The van der Waals surface area contributed by atoms with Crippen molar-refractivity contribution in [3.8, 4) is 6.07 Å². The molecule has 0 aliphatic carbocycles.